The second-order valence-corrected chi connectivity index (χ2v) is 7.38. The number of ether oxygens (including phenoxy) is 1. The van der Waals surface area contributed by atoms with E-state index in [2.05, 4.69) is 9.88 Å². The van der Waals surface area contributed by atoms with Gasteiger partial charge in [0.05, 0.1) is 24.1 Å². The summed E-state index contributed by atoms with van der Waals surface area (Å²) in [5.41, 5.74) is 1.05. The van der Waals surface area contributed by atoms with Gasteiger partial charge in [-0.1, -0.05) is 30.3 Å². The van der Waals surface area contributed by atoms with Gasteiger partial charge in [-0.05, 0) is 18.9 Å². The van der Waals surface area contributed by atoms with Crippen LogP contribution >= 0.6 is 0 Å². The summed E-state index contributed by atoms with van der Waals surface area (Å²) in [5, 5.41) is 11.5. The Morgan fingerprint density at radius 1 is 1.10 bits per heavy atom. The van der Waals surface area contributed by atoms with Crippen LogP contribution in [0.15, 0.2) is 42.5 Å². The number of hydrogen-bond acceptors (Lipinski definition) is 6. The van der Waals surface area contributed by atoms with Gasteiger partial charge < -0.3 is 14.5 Å². The van der Waals surface area contributed by atoms with E-state index in [1.54, 1.807) is 6.07 Å². The number of morpholine rings is 1. The van der Waals surface area contributed by atoms with Crippen molar-refractivity contribution in [3.05, 3.63) is 52.6 Å². The molecule has 2 saturated heterocycles. The van der Waals surface area contributed by atoms with E-state index in [1.807, 2.05) is 35.2 Å². The van der Waals surface area contributed by atoms with Crippen molar-refractivity contribution in [3.63, 3.8) is 0 Å². The van der Waals surface area contributed by atoms with Gasteiger partial charge in [0.25, 0.3) is 5.69 Å². The number of piperidine rings is 1. The number of pyridine rings is 1. The summed E-state index contributed by atoms with van der Waals surface area (Å²) in [6.45, 7) is 3.83. The summed E-state index contributed by atoms with van der Waals surface area (Å²) in [6.07, 6.45) is 1.74. The zero-order valence-corrected chi connectivity index (χ0v) is 16.2. The van der Waals surface area contributed by atoms with Gasteiger partial charge in [-0.15, -0.1) is 0 Å². The summed E-state index contributed by atoms with van der Waals surface area (Å²) >= 11 is 0. The minimum absolute atomic E-state index is 0.0158. The average molecular weight is 396 g/mol. The van der Waals surface area contributed by atoms with Crippen LogP contribution in [0.2, 0.25) is 0 Å². The average Bonchev–Trinajstić information content (AvgIpc) is 2.79. The van der Waals surface area contributed by atoms with Crippen LogP contribution < -0.4 is 4.90 Å². The fourth-order valence-electron chi connectivity index (χ4n) is 4.00. The molecular weight excluding hydrogens is 372 g/mol. The number of anilines is 1. The van der Waals surface area contributed by atoms with Crippen molar-refractivity contribution < 1.29 is 14.5 Å². The Morgan fingerprint density at radius 3 is 2.59 bits per heavy atom. The number of rotatable bonds is 4. The molecule has 2 fully saturated rings. The van der Waals surface area contributed by atoms with E-state index in [4.69, 9.17) is 4.74 Å². The molecule has 3 heterocycles. The van der Waals surface area contributed by atoms with Gasteiger partial charge >= 0.3 is 0 Å². The molecule has 0 N–H and O–H groups in total. The Labute approximate surface area is 169 Å². The maximum absolute atomic E-state index is 12.9. The van der Waals surface area contributed by atoms with Crippen molar-refractivity contribution in [3.8, 4) is 11.3 Å². The van der Waals surface area contributed by atoms with Gasteiger partial charge in [0.1, 0.15) is 5.82 Å². The summed E-state index contributed by atoms with van der Waals surface area (Å²) in [6, 6.07) is 12.4. The lowest BCUT2D eigenvalue weighted by atomic mass is 9.96. The summed E-state index contributed by atoms with van der Waals surface area (Å²) < 4.78 is 5.34. The van der Waals surface area contributed by atoms with Crippen molar-refractivity contribution in [1.29, 1.82) is 0 Å². The second-order valence-electron chi connectivity index (χ2n) is 7.38. The fourth-order valence-corrected chi connectivity index (χ4v) is 4.00. The molecule has 0 aliphatic carbocycles. The first-order valence-corrected chi connectivity index (χ1v) is 9.96. The van der Waals surface area contributed by atoms with E-state index in [0.29, 0.717) is 49.9 Å². The minimum atomic E-state index is -0.403. The zero-order valence-electron chi connectivity index (χ0n) is 16.2. The molecular formula is C21H24N4O4. The quantitative estimate of drug-likeness (QED) is 0.583. The van der Waals surface area contributed by atoms with E-state index in [9.17, 15) is 14.9 Å². The Kier molecular flexibility index (Phi) is 5.71. The summed E-state index contributed by atoms with van der Waals surface area (Å²) in [4.78, 5) is 32.6. The summed E-state index contributed by atoms with van der Waals surface area (Å²) in [5.74, 6) is 0.760. The molecule has 2 aliphatic heterocycles. The third-order valence-electron chi connectivity index (χ3n) is 5.52. The van der Waals surface area contributed by atoms with Crippen LogP contribution in [0.4, 0.5) is 11.5 Å². The smallest absolute Gasteiger partial charge is 0.295 e. The molecule has 1 amide bonds. The number of carbonyl (C=O) groups excluding carboxylic acids is 1. The van der Waals surface area contributed by atoms with Crippen molar-refractivity contribution in [2.45, 2.75) is 12.8 Å². The molecule has 0 bridgehead atoms. The van der Waals surface area contributed by atoms with Crippen molar-refractivity contribution in [2.75, 3.05) is 44.3 Å². The van der Waals surface area contributed by atoms with E-state index in [1.165, 1.54) is 6.07 Å². The van der Waals surface area contributed by atoms with Gasteiger partial charge in [0.15, 0.2) is 5.69 Å². The molecule has 29 heavy (non-hydrogen) atoms. The van der Waals surface area contributed by atoms with Gasteiger partial charge in [-0.2, -0.15) is 0 Å². The first kappa shape index (κ1) is 19.3. The molecule has 1 atom stereocenters. The predicted octanol–water partition coefficient (Wildman–Crippen LogP) is 2.73. The van der Waals surface area contributed by atoms with E-state index < -0.39 is 4.92 Å². The van der Waals surface area contributed by atoms with Crippen LogP contribution in [-0.4, -0.2) is 60.1 Å². The number of hydrogen-bond donors (Lipinski definition) is 0. The first-order chi connectivity index (χ1) is 14.1. The third kappa shape index (κ3) is 4.22. The molecule has 8 nitrogen and oxygen atoms in total. The maximum Gasteiger partial charge on any atom is 0.295 e. The van der Waals surface area contributed by atoms with Crippen LogP contribution in [0.1, 0.15) is 12.8 Å². The highest BCUT2D eigenvalue weighted by Gasteiger charge is 2.31. The number of nitrogens with zero attached hydrogens (tertiary/aromatic N) is 4. The molecule has 0 spiro atoms. The number of benzene rings is 1. The standard InChI is InChI=1S/C21H24N4O4/c26-21(23-11-13-29-14-12-23)17-7-4-10-24(15-17)19-9-8-18(25(27)28)20(22-19)16-5-2-1-3-6-16/h1-3,5-6,8-9,17H,4,7,10-15H2. The lowest BCUT2D eigenvalue weighted by Gasteiger charge is -2.36. The van der Waals surface area contributed by atoms with Gasteiger partial charge in [0, 0.05) is 37.8 Å². The number of nitro groups is 1. The Morgan fingerprint density at radius 2 is 1.86 bits per heavy atom. The fraction of sp³-hybridized carbons (Fsp3) is 0.429. The molecule has 2 aromatic rings. The normalized spacial score (nSPS) is 19.8. The molecule has 152 valence electrons. The van der Waals surface area contributed by atoms with Crippen molar-refractivity contribution in [2.24, 2.45) is 5.92 Å². The molecule has 1 aromatic carbocycles. The van der Waals surface area contributed by atoms with Crippen LogP contribution in [0.3, 0.4) is 0 Å². The molecule has 1 aromatic heterocycles. The lowest BCUT2D eigenvalue weighted by molar-refractivity contribution is -0.384. The van der Waals surface area contributed by atoms with E-state index in [0.717, 1.165) is 19.4 Å². The first-order valence-electron chi connectivity index (χ1n) is 9.96. The highest BCUT2D eigenvalue weighted by molar-refractivity contribution is 5.80. The minimum Gasteiger partial charge on any atom is -0.378 e. The largest absolute Gasteiger partial charge is 0.378 e. The molecule has 0 saturated carbocycles. The Bertz CT molecular complexity index is 884. The number of carbonyl (C=O) groups is 1. The lowest BCUT2D eigenvalue weighted by Crippen LogP contribution is -2.48. The van der Waals surface area contributed by atoms with Crippen LogP contribution in [0, 0.1) is 16.0 Å². The van der Waals surface area contributed by atoms with E-state index in [-0.39, 0.29) is 17.5 Å². The Balaban J connectivity index is 1.57. The highest BCUT2D eigenvalue weighted by Crippen LogP contribution is 2.32. The molecule has 2 aliphatic rings. The topological polar surface area (TPSA) is 88.8 Å². The predicted molar refractivity (Wildman–Crippen MR) is 109 cm³/mol. The molecule has 1 unspecified atom stereocenters. The second kappa shape index (κ2) is 8.57. The third-order valence-corrected chi connectivity index (χ3v) is 5.52. The SMILES string of the molecule is O=C(C1CCCN(c2ccc([N+](=O)[O-])c(-c3ccccc3)n2)C1)N1CCOCC1. The van der Waals surface area contributed by atoms with Gasteiger partial charge in [0.2, 0.25) is 5.91 Å². The maximum atomic E-state index is 12.9. The molecule has 8 heteroatoms. The van der Waals surface area contributed by atoms with Gasteiger partial charge in [-0.3, -0.25) is 14.9 Å². The monoisotopic (exact) mass is 396 g/mol. The number of amides is 1. The van der Waals surface area contributed by atoms with Crippen LogP contribution in [0.5, 0.6) is 0 Å². The van der Waals surface area contributed by atoms with E-state index >= 15 is 0 Å². The summed E-state index contributed by atoms with van der Waals surface area (Å²) in [7, 11) is 0. The Hall–Kier alpha value is -3.00. The molecule has 0 radical (unpaired) electrons. The number of aromatic nitrogens is 1. The highest BCUT2D eigenvalue weighted by atomic mass is 16.6. The van der Waals surface area contributed by atoms with Crippen molar-refractivity contribution in [1.82, 2.24) is 9.88 Å². The van der Waals surface area contributed by atoms with Gasteiger partial charge in [-0.25, -0.2) is 4.98 Å². The zero-order chi connectivity index (χ0) is 20.2. The molecule has 4 rings (SSSR count). The van der Waals surface area contributed by atoms with Crippen LogP contribution in [-0.2, 0) is 9.53 Å². The van der Waals surface area contributed by atoms with Crippen molar-refractivity contribution >= 4 is 17.4 Å². The van der Waals surface area contributed by atoms with Crippen LogP contribution in [0.25, 0.3) is 11.3 Å².